The number of carboxylic acid groups (broad SMARTS) is 1. The van der Waals surface area contributed by atoms with Crippen LogP contribution in [0.15, 0.2) is 18.2 Å². The van der Waals surface area contributed by atoms with Crippen molar-refractivity contribution in [3.63, 3.8) is 0 Å². The molecule has 0 saturated carbocycles. The third-order valence-corrected chi connectivity index (χ3v) is 3.33. The van der Waals surface area contributed by atoms with Gasteiger partial charge in [-0.05, 0) is 44.5 Å². The van der Waals surface area contributed by atoms with Crippen LogP contribution in [0.2, 0.25) is 0 Å². The van der Waals surface area contributed by atoms with E-state index in [0.29, 0.717) is 5.75 Å². The Hall–Kier alpha value is -1.55. The first-order valence-corrected chi connectivity index (χ1v) is 6.25. The SMILES string of the molecule is Cc1ccc(C(=O)O)c(OC2CCN(C)CC2)c1. The fourth-order valence-corrected chi connectivity index (χ4v) is 2.19. The Morgan fingerprint density at radius 3 is 2.67 bits per heavy atom. The minimum atomic E-state index is -0.932. The topological polar surface area (TPSA) is 49.8 Å². The van der Waals surface area contributed by atoms with E-state index in [1.54, 1.807) is 12.1 Å². The summed E-state index contributed by atoms with van der Waals surface area (Å²) >= 11 is 0. The molecular weight excluding hydrogens is 230 g/mol. The predicted molar refractivity (Wildman–Crippen MR) is 69.3 cm³/mol. The zero-order chi connectivity index (χ0) is 13.1. The van der Waals surface area contributed by atoms with Gasteiger partial charge in [0.05, 0.1) is 0 Å². The summed E-state index contributed by atoms with van der Waals surface area (Å²) in [7, 11) is 2.09. The summed E-state index contributed by atoms with van der Waals surface area (Å²) in [5.74, 6) is -0.435. The van der Waals surface area contributed by atoms with Crippen LogP contribution in [0.3, 0.4) is 0 Å². The molecule has 0 aromatic heterocycles. The first kappa shape index (κ1) is 12.9. The number of aryl methyl sites for hydroxylation is 1. The molecule has 0 unspecified atom stereocenters. The maximum absolute atomic E-state index is 11.1. The minimum Gasteiger partial charge on any atom is -0.489 e. The quantitative estimate of drug-likeness (QED) is 0.892. The smallest absolute Gasteiger partial charge is 0.339 e. The number of nitrogens with zero attached hydrogens (tertiary/aromatic N) is 1. The molecule has 18 heavy (non-hydrogen) atoms. The fraction of sp³-hybridized carbons (Fsp3) is 0.500. The average molecular weight is 249 g/mol. The van der Waals surface area contributed by atoms with Crippen molar-refractivity contribution in [2.24, 2.45) is 0 Å². The number of carbonyl (C=O) groups is 1. The molecule has 1 aromatic carbocycles. The van der Waals surface area contributed by atoms with Crippen molar-refractivity contribution in [2.75, 3.05) is 20.1 Å². The molecule has 0 amide bonds. The van der Waals surface area contributed by atoms with E-state index < -0.39 is 5.97 Å². The summed E-state index contributed by atoms with van der Waals surface area (Å²) in [5.41, 5.74) is 1.27. The van der Waals surface area contributed by atoms with Crippen LogP contribution in [0.25, 0.3) is 0 Å². The van der Waals surface area contributed by atoms with E-state index in [9.17, 15) is 4.79 Å². The van der Waals surface area contributed by atoms with Crippen LogP contribution in [-0.2, 0) is 0 Å². The Kier molecular flexibility index (Phi) is 3.87. The Balaban J connectivity index is 2.12. The number of likely N-dealkylation sites (tertiary alicyclic amines) is 1. The third kappa shape index (κ3) is 3.01. The third-order valence-electron chi connectivity index (χ3n) is 3.33. The van der Waals surface area contributed by atoms with Crippen molar-refractivity contribution in [3.8, 4) is 5.75 Å². The van der Waals surface area contributed by atoms with E-state index in [2.05, 4.69) is 11.9 Å². The number of aromatic carboxylic acids is 1. The Bertz CT molecular complexity index is 437. The zero-order valence-corrected chi connectivity index (χ0v) is 10.8. The Morgan fingerprint density at radius 1 is 1.39 bits per heavy atom. The van der Waals surface area contributed by atoms with Gasteiger partial charge in [0.25, 0.3) is 0 Å². The van der Waals surface area contributed by atoms with Gasteiger partial charge in [-0.25, -0.2) is 4.79 Å². The van der Waals surface area contributed by atoms with Gasteiger partial charge in [0.2, 0.25) is 0 Å². The van der Waals surface area contributed by atoms with E-state index in [-0.39, 0.29) is 11.7 Å². The molecule has 4 heteroatoms. The van der Waals surface area contributed by atoms with Crippen molar-refractivity contribution >= 4 is 5.97 Å². The highest BCUT2D eigenvalue weighted by atomic mass is 16.5. The molecule has 1 aliphatic heterocycles. The Morgan fingerprint density at radius 2 is 2.06 bits per heavy atom. The van der Waals surface area contributed by atoms with Crippen LogP contribution < -0.4 is 4.74 Å². The van der Waals surface area contributed by atoms with Gasteiger partial charge in [-0.1, -0.05) is 6.07 Å². The van der Waals surface area contributed by atoms with Crippen LogP contribution >= 0.6 is 0 Å². The van der Waals surface area contributed by atoms with Crippen LogP contribution in [0.5, 0.6) is 5.75 Å². The number of ether oxygens (including phenoxy) is 1. The van der Waals surface area contributed by atoms with Gasteiger partial charge in [-0.15, -0.1) is 0 Å². The summed E-state index contributed by atoms with van der Waals surface area (Å²) in [6.45, 7) is 3.94. The van der Waals surface area contributed by atoms with Gasteiger partial charge in [0, 0.05) is 13.1 Å². The van der Waals surface area contributed by atoms with Gasteiger partial charge in [-0.2, -0.15) is 0 Å². The molecule has 2 rings (SSSR count). The second kappa shape index (κ2) is 5.40. The second-order valence-corrected chi connectivity index (χ2v) is 4.93. The Labute approximate surface area is 107 Å². The molecule has 1 N–H and O–H groups in total. The number of benzene rings is 1. The van der Waals surface area contributed by atoms with E-state index >= 15 is 0 Å². The van der Waals surface area contributed by atoms with Crippen molar-refractivity contribution in [1.29, 1.82) is 0 Å². The van der Waals surface area contributed by atoms with Crippen LogP contribution in [0.1, 0.15) is 28.8 Å². The summed E-state index contributed by atoms with van der Waals surface area (Å²) in [6.07, 6.45) is 2.02. The van der Waals surface area contributed by atoms with Gasteiger partial charge in [0.15, 0.2) is 0 Å². The highest BCUT2D eigenvalue weighted by Crippen LogP contribution is 2.24. The summed E-state index contributed by atoms with van der Waals surface area (Å²) in [6, 6.07) is 5.22. The van der Waals surface area contributed by atoms with Crippen LogP contribution in [0, 0.1) is 6.92 Å². The highest BCUT2D eigenvalue weighted by Gasteiger charge is 2.20. The molecular formula is C14H19NO3. The molecule has 0 radical (unpaired) electrons. The zero-order valence-electron chi connectivity index (χ0n) is 10.8. The van der Waals surface area contributed by atoms with Crippen LogP contribution in [0.4, 0.5) is 0 Å². The average Bonchev–Trinajstić information content (AvgIpc) is 2.32. The molecule has 0 spiro atoms. The first-order valence-electron chi connectivity index (χ1n) is 6.25. The van der Waals surface area contributed by atoms with Crippen molar-refractivity contribution in [3.05, 3.63) is 29.3 Å². The molecule has 0 bridgehead atoms. The van der Waals surface area contributed by atoms with Gasteiger partial charge < -0.3 is 14.7 Å². The van der Waals surface area contributed by atoms with Crippen LogP contribution in [-0.4, -0.2) is 42.2 Å². The van der Waals surface area contributed by atoms with Gasteiger partial charge in [0.1, 0.15) is 17.4 Å². The van der Waals surface area contributed by atoms with Gasteiger partial charge in [-0.3, -0.25) is 0 Å². The standard InChI is InChI=1S/C14H19NO3/c1-10-3-4-12(14(16)17)13(9-10)18-11-5-7-15(2)8-6-11/h3-4,9,11H,5-8H2,1-2H3,(H,16,17). The summed E-state index contributed by atoms with van der Waals surface area (Å²) in [4.78, 5) is 13.4. The van der Waals surface area contributed by atoms with E-state index in [4.69, 9.17) is 9.84 Å². The molecule has 1 aliphatic rings. The fourth-order valence-electron chi connectivity index (χ4n) is 2.19. The van der Waals surface area contributed by atoms with E-state index in [0.717, 1.165) is 31.5 Å². The monoisotopic (exact) mass is 249 g/mol. The maximum Gasteiger partial charge on any atom is 0.339 e. The molecule has 1 saturated heterocycles. The number of carboxylic acids is 1. The highest BCUT2D eigenvalue weighted by molar-refractivity contribution is 5.90. The molecule has 1 heterocycles. The lowest BCUT2D eigenvalue weighted by Crippen LogP contribution is -2.35. The largest absolute Gasteiger partial charge is 0.489 e. The van der Waals surface area contributed by atoms with Gasteiger partial charge >= 0.3 is 5.97 Å². The summed E-state index contributed by atoms with van der Waals surface area (Å²) in [5, 5.41) is 9.14. The molecule has 0 atom stereocenters. The van der Waals surface area contributed by atoms with E-state index in [1.165, 1.54) is 0 Å². The normalized spacial score (nSPS) is 17.7. The first-order chi connectivity index (χ1) is 8.56. The molecule has 1 fully saturated rings. The molecule has 1 aromatic rings. The van der Waals surface area contributed by atoms with Crippen molar-refractivity contribution in [2.45, 2.75) is 25.9 Å². The lowest BCUT2D eigenvalue weighted by molar-refractivity contribution is 0.0681. The molecule has 98 valence electrons. The predicted octanol–water partition coefficient (Wildman–Crippen LogP) is 2.17. The number of hydrogen-bond donors (Lipinski definition) is 1. The lowest BCUT2D eigenvalue weighted by atomic mass is 10.1. The van der Waals surface area contributed by atoms with Crippen molar-refractivity contribution < 1.29 is 14.6 Å². The maximum atomic E-state index is 11.1. The minimum absolute atomic E-state index is 0.126. The van der Waals surface area contributed by atoms with E-state index in [1.807, 2.05) is 13.0 Å². The molecule has 0 aliphatic carbocycles. The summed E-state index contributed by atoms with van der Waals surface area (Å²) < 4.78 is 5.87. The number of rotatable bonds is 3. The molecule has 4 nitrogen and oxygen atoms in total. The number of hydrogen-bond acceptors (Lipinski definition) is 3. The lowest BCUT2D eigenvalue weighted by Gasteiger charge is -2.29. The van der Waals surface area contributed by atoms with Crippen molar-refractivity contribution in [1.82, 2.24) is 4.90 Å². The number of piperidine rings is 1. The second-order valence-electron chi connectivity index (χ2n) is 4.93.